The van der Waals surface area contributed by atoms with Gasteiger partial charge in [0.05, 0.1) is 19.6 Å². The first kappa shape index (κ1) is 16.2. The SMILES string of the molecule is CCCOC(=O)C[C@H](COC(C)=O)Cc1ccccc1. The summed E-state index contributed by atoms with van der Waals surface area (Å²) in [7, 11) is 0. The van der Waals surface area contributed by atoms with Gasteiger partial charge in [-0.05, 0) is 18.4 Å². The third-order valence-electron chi connectivity index (χ3n) is 2.81. The van der Waals surface area contributed by atoms with E-state index in [1.807, 2.05) is 37.3 Å². The average Bonchev–Trinajstić information content (AvgIpc) is 2.43. The molecule has 0 aliphatic rings. The summed E-state index contributed by atoms with van der Waals surface area (Å²) in [5.41, 5.74) is 1.12. The minimum Gasteiger partial charge on any atom is -0.466 e. The van der Waals surface area contributed by atoms with E-state index in [9.17, 15) is 9.59 Å². The maximum absolute atomic E-state index is 11.7. The van der Waals surface area contributed by atoms with Gasteiger partial charge in [0, 0.05) is 12.8 Å². The number of esters is 2. The molecule has 1 aromatic rings. The number of hydrogen-bond acceptors (Lipinski definition) is 4. The summed E-state index contributed by atoms with van der Waals surface area (Å²) >= 11 is 0. The Labute approximate surface area is 120 Å². The molecule has 0 aromatic heterocycles. The Bertz CT molecular complexity index is 414. The number of ether oxygens (including phenoxy) is 2. The fraction of sp³-hybridized carbons (Fsp3) is 0.500. The standard InChI is InChI=1S/C16H22O4/c1-3-9-19-16(18)11-15(12-20-13(2)17)10-14-7-5-4-6-8-14/h4-8,15H,3,9-12H2,1-2H3/t15-/m1/s1. The lowest BCUT2D eigenvalue weighted by Gasteiger charge is -2.16. The molecule has 0 aliphatic heterocycles. The molecule has 0 fully saturated rings. The summed E-state index contributed by atoms with van der Waals surface area (Å²) < 4.78 is 10.1. The zero-order chi connectivity index (χ0) is 14.8. The van der Waals surface area contributed by atoms with E-state index in [1.54, 1.807) is 0 Å². The van der Waals surface area contributed by atoms with E-state index in [2.05, 4.69) is 0 Å². The lowest BCUT2D eigenvalue weighted by molar-refractivity contribution is -0.148. The molecule has 0 N–H and O–H groups in total. The van der Waals surface area contributed by atoms with Crippen LogP contribution in [0, 0.1) is 5.92 Å². The van der Waals surface area contributed by atoms with Crippen LogP contribution in [-0.4, -0.2) is 25.2 Å². The van der Waals surface area contributed by atoms with Crippen molar-refractivity contribution in [2.45, 2.75) is 33.1 Å². The Balaban J connectivity index is 2.55. The molecule has 0 bridgehead atoms. The van der Waals surface area contributed by atoms with Crippen LogP contribution >= 0.6 is 0 Å². The molecular weight excluding hydrogens is 256 g/mol. The number of carbonyl (C=O) groups is 2. The van der Waals surface area contributed by atoms with E-state index < -0.39 is 0 Å². The fourth-order valence-corrected chi connectivity index (χ4v) is 1.88. The Morgan fingerprint density at radius 1 is 1.15 bits per heavy atom. The van der Waals surface area contributed by atoms with Crippen molar-refractivity contribution in [1.29, 1.82) is 0 Å². The van der Waals surface area contributed by atoms with Crippen molar-refractivity contribution in [3.63, 3.8) is 0 Å². The Hall–Kier alpha value is -1.84. The molecule has 1 rings (SSSR count). The number of benzene rings is 1. The summed E-state index contributed by atoms with van der Waals surface area (Å²) in [5, 5.41) is 0. The maximum atomic E-state index is 11.7. The topological polar surface area (TPSA) is 52.6 Å². The smallest absolute Gasteiger partial charge is 0.306 e. The normalized spacial score (nSPS) is 11.7. The minimum atomic E-state index is -0.329. The molecule has 0 saturated carbocycles. The number of carbonyl (C=O) groups excluding carboxylic acids is 2. The predicted octanol–water partition coefficient (Wildman–Crippen LogP) is 2.75. The second-order valence-corrected chi connectivity index (χ2v) is 4.78. The summed E-state index contributed by atoms with van der Waals surface area (Å²) in [6.45, 7) is 4.00. The molecule has 0 spiro atoms. The van der Waals surface area contributed by atoms with Gasteiger partial charge in [0.25, 0.3) is 0 Å². The van der Waals surface area contributed by atoms with Gasteiger partial charge in [-0.15, -0.1) is 0 Å². The average molecular weight is 278 g/mol. The van der Waals surface area contributed by atoms with Gasteiger partial charge in [-0.2, -0.15) is 0 Å². The Morgan fingerprint density at radius 3 is 2.45 bits per heavy atom. The highest BCUT2D eigenvalue weighted by atomic mass is 16.5. The number of rotatable bonds is 8. The van der Waals surface area contributed by atoms with Crippen LogP contribution in [0.15, 0.2) is 30.3 Å². The van der Waals surface area contributed by atoms with Crippen LogP contribution in [0.5, 0.6) is 0 Å². The molecule has 4 heteroatoms. The van der Waals surface area contributed by atoms with Crippen LogP contribution in [0.1, 0.15) is 32.3 Å². The van der Waals surface area contributed by atoms with Crippen LogP contribution in [0.3, 0.4) is 0 Å². The first-order chi connectivity index (χ1) is 9.61. The highest BCUT2D eigenvalue weighted by Gasteiger charge is 2.17. The van der Waals surface area contributed by atoms with Crippen LogP contribution in [0.4, 0.5) is 0 Å². The quantitative estimate of drug-likeness (QED) is 0.686. The third-order valence-corrected chi connectivity index (χ3v) is 2.81. The first-order valence-corrected chi connectivity index (χ1v) is 6.94. The molecule has 0 saturated heterocycles. The van der Waals surface area contributed by atoms with Crippen molar-refractivity contribution < 1.29 is 19.1 Å². The van der Waals surface area contributed by atoms with Gasteiger partial charge >= 0.3 is 11.9 Å². The maximum Gasteiger partial charge on any atom is 0.306 e. The zero-order valence-electron chi connectivity index (χ0n) is 12.1. The van der Waals surface area contributed by atoms with Gasteiger partial charge in [0.15, 0.2) is 0 Å². The monoisotopic (exact) mass is 278 g/mol. The van der Waals surface area contributed by atoms with Crippen LogP contribution in [0.25, 0.3) is 0 Å². The largest absolute Gasteiger partial charge is 0.466 e. The van der Waals surface area contributed by atoms with Crippen LogP contribution in [-0.2, 0) is 25.5 Å². The lowest BCUT2D eigenvalue weighted by atomic mass is 9.97. The van der Waals surface area contributed by atoms with Crippen molar-refractivity contribution in [2.24, 2.45) is 5.92 Å². The highest BCUT2D eigenvalue weighted by Crippen LogP contribution is 2.14. The van der Waals surface area contributed by atoms with E-state index in [0.717, 1.165) is 12.0 Å². The molecule has 1 aromatic carbocycles. The van der Waals surface area contributed by atoms with Gasteiger partial charge in [-0.25, -0.2) is 0 Å². The molecular formula is C16H22O4. The Morgan fingerprint density at radius 2 is 1.85 bits per heavy atom. The van der Waals surface area contributed by atoms with Crippen molar-refractivity contribution in [3.05, 3.63) is 35.9 Å². The van der Waals surface area contributed by atoms with Crippen molar-refractivity contribution in [3.8, 4) is 0 Å². The molecule has 0 radical (unpaired) electrons. The lowest BCUT2D eigenvalue weighted by Crippen LogP contribution is -2.20. The van der Waals surface area contributed by atoms with Gasteiger partial charge in [-0.1, -0.05) is 37.3 Å². The number of hydrogen-bond donors (Lipinski definition) is 0. The van der Waals surface area contributed by atoms with Crippen molar-refractivity contribution in [1.82, 2.24) is 0 Å². The molecule has 4 nitrogen and oxygen atoms in total. The summed E-state index contributed by atoms with van der Waals surface area (Å²) in [6.07, 6.45) is 1.76. The van der Waals surface area contributed by atoms with E-state index in [0.29, 0.717) is 13.0 Å². The third kappa shape index (κ3) is 6.92. The van der Waals surface area contributed by atoms with Gasteiger partial charge in [-0.3, -0.25) is 9.59 Å². The van der Waals surface area contributed by atoms with Crippen molar-refractivity contribution >= 4 is 11.9 Å². The summed E-state index contributed by atoms with van der Waals surface area (Å²) in [6, 6.07) is 9.84. The van der Waals surface area contributed by atoms with Crippen molar-refractivity contribution in [2.75, 3.05) is 13.2 Å². The van der Waals surface area contributed by atoms with Crippen LogP contribution < -0.4 is 0 Å². The second kappa shape index (κ2) is 9.13. The predicted molar refractivity (Wildman–Crippen MR) is 76.1 cm³/mol. The zero-order valence-corrected chi connectivity index (χ0v) is 12.1. The minimum absolute atomic E-state index is 0.0503. The molecule has 0 aliphatic carbocycles. The van der Waals surface area contributed by atoms with Gasteiger partial charge in [0.1, 0.15) is 0 Å². The molecule has 110 valence electrons. The summed E-state index contributed by atoms with van der Waals surface area (Å²) in [4.78, 5) is 22.6. The molecule has 1 atom stereocenters. The molecule has 20 heavy (non-hydrogen) atoms. The van der Waals surface area contributed by atoms with E-state index in [4.69, 9.17) is 9.47 Å². The summed E-state index contributed by atoms with van der Waals surface area (Å²) in [5.74, 6) is -0.615. The van der Waals surface area contributed by atoms with E-state index in [1.165, 1.54) is 6.92 Å². The van der Waals surface area contributed by atoms with Gasteiger partial charge < -0.3 is 9.47 Å². The molecule has 0 heterocycles. The van der Waals surface area contributed by atoms with E-state index >= 15 is 0 Å². The molecule has 0 amide bonds. The fourth-order valence-electron chi connectivity index (χ4n) is 1.88. The molecule has 0 unspecified atom stereocenters. The highest BCUT2D eigenvalue weighted by molar-refractivity contribution is 5.70. The first-order valence-electron chi connectivity index (χ1n) is 6.94. The van der Waals surface area contributed by atoms with Crippen LogP contribution in [0.2, 0.25) is 0 Å². The van der Waals surface area contributed by atoms with E-state index in [-0.39, 0.29) is 30.9 Å². The second-order valence-electron chi connectivity index (χ2n) is 4.78. The Kier molecular flexibility index (Phi) is 7.40. The van der Waals surface area contributed by atoms with Gasteiger partial charge in [0.2, 0.25) is 0 Å².